The van der Waals surface area contributed by atoms with Crippen LogP contribution < -0.4 is 5.43 Å². The summed E-state index contributed by atoms with van der Waals surface area (Å²) < 4.78 is 0. The number of hydrogen-bond donors (Lipinski definition) is 2. The van der Waals surface area contributed by atoms with Gasteiger partial charge in [-0.25, -0.2) is 9.69 Å². The molecule has 2 amide bonds. The molecule has 37 heavy (non-hydrogen) atoms. The molecule has 0 saturated heterocycles. The van der Waals surface area contributed by atoms with Crippen molar-refractivity contribution in [3.8, 4) is 12.1 Å². The number of nitrogens with one attached hydrogen (secondary N) is 1. The number of carbonyl (C=O) groups is 2. The van der Waals surface area contributed by atoms with Gasteiger partial charge in [0, 0.05) is 21.6 Å². The third-order valence-electron chi connectivity index (χ3n) is 5.49. The van der Waals surface area contributed by atoms with Crippen molar-refractivity contribution in [1.82, 2.24) is 4.90 Å². The normalized spacial score (nSPS) is 11.2. The second-order valence-electron chi connectivity index (χ2n) is 7.59. The van der Waals surface area contributed by atoms with Crippen LogP contribution >= 0.6 is 34.8 Å². The summed E-state index contributed by atoms with van der Waals surface area (Å²) in [5.41, 5.74) is 2.56. The van der Waals surface area contributed by atoms with Crippen LogP contribution in [0.25, 0.3) is 0 Å². The first-order valence-corrected chi connectivity index (χ1v) is 11.8. The fraction of sp³-hybridized carbons (Fsp3) is 0.115. The molecule has 0 heterocycles. The minimum atomic E-state index is -1.50. The number of hydrogen-bond acceptors (Lipinski definition) is 6. The highest BCUT2D eigenvalue weighted by Crippen LogP contribution is 2.43. The quantitative estimate of drug-likeness (QED) is 0.200. The van der Waals surface area contributed by atoms with Crippen LogP contribution in [0.3, 0.4) is 0 Å². The molecule has 186 valence electrons. The van der Waals surface area contributed by atoms with Crippen molar-refractivity contribution in [3.05, 3.63) is 98.5 Å². The molecule has 2 N–H and O–H groups in total. The molecule has 8 nitrogen and oxygen atoms in total. The highest BCUT2D eigenvalue weighted by Gasteiger charge is 2.38. The molecule has 0 saturated carbocycles. The molecule has 0 radical (unpaired) electrons. The van der Waals surface area contributed by atoms with Gasteiger partial charge in [0.2, 0.25) is 5.71 Å². The van der Waals surface area contributed by atoms with Crippen LogP contribution in [0.2, 0.25) is 15.1 Å². The molecule has 0 aliphatic rings. The molecule has 0 fully saturated rings. The molecule has 0 unspecified atom stereocenters. The van der Waals surface area contributed by atoms with Crippen LogP contribution in [0.5, 0.6) is 0 Å². The molecular formula is C26H18Cl3N5O3. The number of amides is 2. The second-order valence-corrected chi connectivity index (χ2v) is 8.87. The van der Waals surface area contributed by atoms with Gasteiger partial charge in [0.1, 0.15) is 11.5 Å². The lowest BCUT2D eigenvalue weighted by molar-refractivity contribution is -0.121. The van der Waals surface area contributed by atoms with Gasteiger partial charge in [-0.3, -0.25) is 10.2 Å². The third kappa shape index (κ3) is 5.68. The summed E-state index contributed by atoms with van der Waals surface area (Å²) in [5, 5.41) is 33.9. The largest absolute Gasteiger partial charge is 0.465 e. The van der Waals surface area contributed by atoms with E-state index in [4.69, 9.17) is 39.9 Å². The number of imide groups is 1. The second kappa shape index (κ2) is 11.8. The molecular weight excluding hydrogens is 537 g/mol. The van der Waals surface area contributed by atoms with E-state index in [0.717, 1.165) is 0 Å². The Morgan fingerprint density at radius 3 is 1.92 bits per heavy atom. The first kappa shape index (κ1) is 27.5. The molecule has 3 rings (SSSR count). The lowest BCUT2D eigenvalue weighted by Gasteiger charge is -2.30. The van der Waals surface area contributed by atoms with E-state index in [1.165, 1.54) is 13.0 Å². The predicted molar refractivity (Wildman–Crippen MR) is 142 cm³/mol. The number of nitriles is 2. The Labute approximate surface area is 227 Å². The van der Waals surface area contributed by atoms with Gasteiger partial charge in [0.25, 0.3) is 5.91 Å². The van der Waals surface area contributed by atoms with E-state index in [1.54, 1.807) is 66.7 Å². The summed E-state index contributed by atoms with van der Waals surface area (Å²) in [5.74, 6) is -1.07. The van der Waals surface area contributed by atoms with Crippen LogP contribution in [0.1, 0.15) is 23.6 Å². The van der Waals surface area contributed by atoms with E-state index in [1.807, 2.05) is 0 Å². The number of hydrazone groups is 1. The maximum atomic E-state index is 12.3. The Bertz CT molecular complexity index is 1400. The van der Waals surface area contributed by atoms with E-state index in [0.29, 0.717) is 37.3 Å². The van der Waals surface area contributed by atoms with E-state index < -0.39 is 23.1 Å². The van der Waals surface area contributed by atoms with Gasteiger partial charge in [-0.1, -0.05) is 65.1 Å². The van der Waals surface area contributed by atoms with Gasteiger partial charge < -0.3 is 5.11 Å². The molecule has 11 heteroatoms. The Kier molecular flexibility index (Phi) is 8.75. The molecule has 0 atom stereocenters. The van der Waals surface area contributed by atoms with E-state index >= 15 is 0 Å². The van der Waals surface area contributed by atoms with Crippen molar-refractivity contribution in [2.45, 2.75) is 12.3 Å². The fourth-order valence-electron chi connectivity index (χ4n) is 3.69. The summed E-state index contributed by atoms with van der Waals surface area (Å²) in [6, 6.07) is 22.3. The van der Waals surface area contributed by atoms with Crippen LogP contribution in [0, 0.1) is 22.7 Å². The van der Waals surface area contributed by atoms with Crippen molar-refractivity contribution in [2.24, 2.45) is 5.10 Å². The van der Waals surface area contributed by atoms with E-state index in [-0.39, 0.29) is 11.6 Å². The minimum Gasteiger partial charge on any atom is -0.465 e. The Morgan fingerprint density at radius 2 is 1.51 bits per heavy atom. The lowest BCUT2D eigenvalue weighted by Crippen LogP contribution is -2.40. The SMILES string of the molecule is CCN(C(=O)O)C(=O)C(C#N)=NNc1ccc(C(C#N)(c2ccc(Cl)cc2)c2ccc(Cl)cc2)c(Cl)c1. The van der Waals surface area contributed by atoms with Gasteiger partial charge in [0.15, 0.2) is 0 Å². The Hall–Kier alpha value is -4.08. The zero-order valence-corrected chi connectivity index (χ0v) is 21.5. The highest BCUT2D eigenvalue weighted by molar-refractivity contribution is 6.46. The number of nitrogens with zero attached hydrogens (tertiary/aromatic N) is 4. The summed E-state index contributed by atoms with van der Waals surface area (Å²) in [7, 11) is 0. The summed E-state index contributed by atoms with van der Waals surface area (Å²) in [4.78, 5) is 24.0. The smallest absolute Gasteiger partial charge is 0.414 e. The van der Waals surface area contributed by atoms with Crippen LogP contribution in [-0.2, 0) is 10.2 Å². The van der Waals surface area contributed by atoms with Gasteiger partial charge in [0.05, 0.1) is 11.8 Å². The zero-order valence-electron chi connectivity index (χ0n) is 19.2. The van der Waals surface area contributed by atoms with Crippen molar-refractivity contribution < 1.29 is 14.7 Å². The number of carbonyl (C=O) groups excluding carboxylic acids is 1. The number of benzene rings is 3. The van der Waals surface area contributed by atoms with E-state index in [9.17, 15) is 20.1 Å². The fourth-order valence-corrected chi connectivity index (χ4v) is 4.26. The maximum absolute atomic E-state index is 12.3. The number of carboxylic acid groups (broad SMARTS) is 1. The third-order valence-corrected chi connectivity index (χ3v) is 6.31. The zero-order chi connectivity index (χ0) is 27.2. The molecule has 3 aromatic rings. The molecule has 3 aromatic carbocycles. The summed E-state index contributed by atoms with van der Waals surface area (Å²) in [6.07, 6.45) is -1.50. The minimum absolute atomic E-state index is 0.152. The first-order valence-electron chi connectivity index (χ1n) is 10.7. The molecule has 0 aromatic heterocycles. The molecule has 0 aliphatic heterocycles. The molecule has 0 aliphatic carbocycles. The van der Waals surface area contributed by atoms with Crippen LogP contribution in [0.15, 0.2) is 71.8 Å². The monoisotopic (exact) mass is 553 g/mol. The topological polar surface area (TPSA) is 130 Å². The Balaban J connectivity index is 2.07. The number of anilines is 1. The predicted octanol–water partition coefficient (Wildman–Crippen LogP) is 6.32. The first-order chi connectivity index (χ1) is 17.7. The van der Waals surface area contributed by atoms with Gasteiger partial charge in [-0.15, -0.1) is 0 Å². The Morgan fingerprint density at radius 1 is 0.973 bits per heavy atom. The highest BCUT2D eigenvalue weighted by atomic mass is 35.5. The maximum Gasteiger partial charge on any atom is 0.414 e. The number of rotatable bonds is 7. The summed E-state index contributed by atoms with van der Waals surface area (Å²) >= 11 is 18.8. The average Bonchev–Trinajstić information content (AvgIpc) is 2.88. The van der Waals surface area contributed by atoms with Crippen molar-refractivity contribution in [2.75, 3.05) is 12.0 Å². The molecule has 0 bridgehead atoms. The van der Waals surface area contributed by atoms with Gasteiger partial charge in [-0.05, 0) is 60.0 Å². The van der Waals surface area contributed by atoms with Crippen LogP contribution in [0.4, 0.5) is 10.5 Å². The average molecular weight is 555 g/mol. The summed E-state index contributed by atoms with van der Waals surface area (Å²) in [6.45, 7) is 1.30. The van der Waals surface area contributed by atoms with Crippen molar-refractivity contribution in [3.63, 3.8) is 0 Å². The van der Waals surface area contributed by atoms with Gasteiger partial charge in [-0.2, -0.15) is 15.6 Å². The van der Waals surface area contributed by atoms with Crippen LogP contribution in [-0.4, -0.2) is 34.3 Å². The van der Waals surface area contributed by atoms with E-state index in [2.05, 4.69) is 16.6 Å². The lowest BCUT2D eigenvalue weighted by atomic mass is 9.70. The van der Waals surface area contributed by atoms with Crippen molar-refractivity contribution in [1.29, 1.82) is 10.5 Å². The van der Waals surface area contributed by atoms with Gasteiger partial charge >= 0.3 is 6.09 Å². The van der Waals surface area contributed by atoms with Crippen molar-refractivity contribution >= 4 is 58.2 Å². The standard InChI is InChI=1S/C26H18Cl3N5O3/c1-2-34(25(36)37)24(35)23(14-30)33-32-20-11-12-21(22(29)13-20)26(15-31,16-3-7-18(27)8-4-16)17-5-9-19(28)10-6-17/h3-13,32H,2H2,1H3,(H,36,37). The number of halogens is 3. The molecule has 0 spiro atoms.